The van der Waals surface area contributed by atoms with Gasteiger partial charge in [-0.1, -0.05) is 13.0 Å². The average molecular weight is 290 g/mol. The van der Waals surface area contributed by atoms with Gasteiger partial charge in [0.2, 0.25) is 0 Å². The van der Waals surface area contributed by atoms with Crippen molar-refractivity contribution in [2.45, 2.75) is 26.3 Å². The summed E-state index contributed by atoms with van der Waals surface area (Å²) in [5.74, 6) is 2.14. The highest BCUT2D eigenvalue weighted by Gasteiger charge is 2.20. The molecule has 0 bridgehead atoms. The second-order valence-corrected chi connectivity index (χ2v) is 5.83. The van der Waals surface area contributed by atoms with Gasteiger partial charge in [0.15, 0.2) is 11.5 Å². The molecule has 1 fully saturated rings. The van der Waals surface area contributed by atoms with E-state index >= 15 is 0 Å². The summed E-state index contributed by atoms with van der Waals surface area (Å²) >= 11 is 0. The van der Waals surface area contributed by atoms with Crippen LogP contribution in [0.15, 0.2) is 18.2 Å². The lowest BCUT2D eigenvalue weighted by Gasteiger charge is -2.31. The number of likely N-dealkylation sites (tertiary alicyclic amines) is 1. The molecule has 1 saturated heterocycles. The van der Waals surface area contributed by atoms with E-state index in [1.807, 2.05) is 23.1 Å². The maximum Gasteiger partial charge on any atom is 0.317 e. The fourth-order valence-electron chi connectivity index (χ4n) is 2.86. The van der Waals surface area contributed by atoms with Crippen LogP contribution in [0.5, 0.6) is 11.5 Å². The van der Waals surface area contributed by atoms with Gasteiger partial charge in [-0.15, -0.1) is 0 Å². The lowest BCUT2D eigenvalue weighted by molar-refractivity contribution is 0.168. The first-order chi connectivity index (χ1) is 10.2. The molecule has 0 saturated carbocycles. The number of hydrogen-bond donors (Lipinski definition) is 1. The largest absolute Gasteiger partial charge is 0.486 e. The summed E-state index contributed by atoms with van der Waals surface area (Å²) in [4.78, 5) is 14.1. The first kappa shape index (κ1) is 14.0. The number of nitrogens with zero attached hydrogens (tertiary/aromatic N) is 1. The van der Waals surface area contributed by atoms with E-state index in [0.717, 1.165) is 36.6 Å². The topological polar surface area (TPSA) is 50.8 Å². The third kappa shape index (κ3) is 3.40. The van der Waals surface area contributed by atoms with E-state index in [9.17, 15) is 4.79 Å². The van der Waals surface area contributed by atoms with E-state index in [1.54, 1.807) is 0 Å². The monoisotopic (exact) mass is 290 g/mol. The molecule has 0 spiro atoms. The van der Waals surface area contributed by atoms with Crippen molar-refractivity contribution in [1.82, 2.24) is 10.2 Å². The van der Waals surface area contributed by atoms with E-state index < -0.39 is 0 Å². The van der Waals surface area contributed by atoms with Gasteiger partial charge in [0, 0.05) is 19.6 Å². The van der Waals surface area contributed by atoms with Gasteiger partial charge in [0.1, 0.15) is 13.2 Å². The van der Waals surface area contributed by atoms with E-state index in [1.165, 1.54) is 6.42 Å². The number of benzene rings is 1. The Morgan fingerprint density at radius 3 is 2.95 bits per heavy atom. The summed E-state index contributed by atoms with van der Waals surface area (Å²) in [6.45, 7) is 5.59. The lowest BCUT2D eigenvalue weighted by Crippen LogP contribution is -2.44. The maximum absolute atomic E-state index is 12.2. The minimum Gasteiger partial charge on any atom is -0.486 e. The molecule has 0 aliphatic carbocycles. The van der Waals surface area contributed by atoms with Crippen molar-refractivity contribution in [2.24, 2.45) is 5.92 Å². The van der Waals surface area contributed by atoms with Crippen molar-refractivity contribution in [1.29, 1.82) is 0 Å². The van der Waals surface area contributed by atoms with Crippen LogP contribution in [-0.2, 0) is 6.54 Å². The number of rotatable bonds is 2. The zero-order chi connectivity index (χ0) is 14.7. The third-order valence-corrected chi connectivity index (χ3v) is 3.99. The van der Waals surface area contributed by atoms with Crippen LogP contribution < -0.4 is 14.8 Å². The quantitative estimate of drug-likeness (QED) is 0.910. The van der Waals surface area contributed by atoms with Gasteiger partial charge < -0.3 is 19.7 Å². The fourth-order valence-corrected chi connectivity index (χ4v) is 2.86. The fraction of sp³-hybridized carbons (Fsp3) is 0.562. The Hall–Kier alpha value is -1.91. The van der Waals surface area contributed by atoms with Gasteiger partial charge in [-0.2, -0.15) is 0 Å². The molecule has 2 amide bonds. The number of ether oxygens (including phenoxy) is 2. The molecule has 0 aromatic heterocycles. The van der Waals surface area contributed by atoms with Crippen molar-refractivity contribution < 1.29 is 14.3 Å². The van der Waals surface area contributed by atoms with Crippen LogP contribution in [0.2, 0.25) is 0 Å². The van der Waals surface area contributed by atoms with Crippen molar-refractivity contribution in [3.63, 3.8) is 0 Å². The predicted molar refractivity (Wildman–Crippen MR) is 79.6 cm³/mol. The molecule has 1 aromatic carbocycles. The molecular weight excluding hydrogens is 268 g/mol. The Labute approximate surface area is 125 Å². The van der Waals surface area contributed by atoms with E-state index in [2.05, 4.69) is 12.2 Å². The molecule has 1 atom stereocenters. The van der Waals surface area contributed by atoms with Crippen LogP contribution >= 0.6 is 0 Å². The standard InChI is InChI=1S/C16H22N2O3/c1-12-3-2-6-18(11-12)16(19)17-10-13-4-5-14-15(9-13)21-8-7-20-14/h4-5,9,12H,2-3,6-8,10-11H2,1H3,(H,17,19). The summed E-state index contributed by atoms with van der Waals surface area (Å²) in [5.41, 5.74) is 1.03. The van der Waals surface area contributed by atoms with Crippen molar-refractivity contribution in [2.75, 3.05) is 26.3 Å². The molecule has 5 heteroatoms. The number of amides is 2. The van der Waals surface area contributed by atoms with Crippen molar-refractivity contribution >= 4 is 6.03 Å². The zero-order valence-electron chi connectivity index (χ0n) is 12.4. The van der Waals surface area contributed by atoms with Gasteiger partial charge in [-0.3, -0.25) is 0 Å². The molecule has 1 N–H and O–H groups in total. The molecule has 114 valence electrons. The number of piperidine rings is 1. The number of nitrogens with one attached hydrogen (secondary N) is 1. The van der Waals surface area contributed by atoms with Gasteiger partial charge >= 0.3 is 6.03 Å². The van der Waals surface area contributed by atoms with Crippen LogP contribution in [0.1, 0.15) is 25.3 Å². The summed E-state index contributed by atoms with van der Waals surface area (Å²) in [5, 5.41) is 2.99. The Balaban J connectivity index is 1.56. The number of urea groups is 1. The molecular formula is C16H22N2O3. The number of carbonyl (C=O) groups excluding carboxylic acids is 1. The summed E-state index contributed by atoms with van der Waals surface area (Å²) in [7, 11) is 0. The average Bonchev–Trinajstić information content (AvgIpc) is 2.52. The first-order valence-electron chi connectivity index (χ1n) is 7.63. The van der Waals surface area contributed by atoms with Gasteiger partial charge in [0.25, 0.3) is 0 Å². The van der Waals surface area contributed by atoms with Gasteiger partial charge in [-0.25, -0.2) is 4.79 Å². The number of fused-ring (bicyclic) bond motifs is 1. The SMILES string of the molecule is CC1CCCN(C(=O)NCc2ccc3c(c2)OCCO3)C1. The van der Waals surface area contributed by atoms with Crippen molar-refractivity contribution in [3.05, 3.63) is 23.8 Å². The van der Waals surface area contributed by atoms with Crippen LogP contribution in [0.4, 0.5) is 4.79 Å². The zero-order valence-corrected chi connectivity index (χ0v) is 12.4. The molecule has 2 aliphatic heterocycles. The summed E-state index contributed by atoms with van der Waals surface area (Å²) in [6.07, 6.45) is 2.31. The van der Waals surface area contributed by atoms with Crippen LogP contribution in [0.25, 0.3) is 0 Å². The Kier molecular flexibility index (Phi) is 4.18. The van der Waals surface area contributed by atoms with Crippen LogP contribution in [-0.4, -0.2) is 37.2 Å². The van der Waals surface area contributed by atoms with E-state index in [0.29, 0.717) is 25.7 Å². The lowest BCUT2D eigenvalue weighted by atomic mass is 10.0. The first-order valence-corrected chi connectivity index (χ1v) is 7.63. The van der Waals surface area contributed by atoms with Gasteiger partial charge in [-0.05, 0) is 36.5 Å². The van der Waals surface area contributed by atoms with Crippen LogP contribution in [0, 0.1) is 5.92 Å². The Morgan fingerprint density at radius 2 is 2.14 bits per heavy atom. The second-order valence-electron chi connectivity index (χ2n) is 5.83. The Morgan fingerprint density at radius 1 is 1.33 bits per heavy atom. The number of carbonyl (C=O) groups is 1. The van der Waals surface area contributed by atoms with E-state index in [-0.39, 0.29) is 6.03 Å². The highest BCUT2D eigenvalue weighted by molar-refractivity contribution is 5.74. The summed E-state index contributed by atoms with van der Waals surface area (Å²) in [6, 6.07) is 5.83. The minimum absolute atomic E-state index is 0.0245. The molecule has 1 unspecified atom stereocenters. The Bertz CT molecular complexity index is 518. The maximum atomic E-state index is 12.2. The van der Waals surface area contributed by atoms with Crippen LogP contribution in [0.3, 0.4) is 0 Å². The molecule has 2 heterocycles. The second kappa shape index (κ2) is 6.24. The predicted octanol–water partition coefficient (Wildman–Crippen LogP) is 2.40. The third-order valence-electron chi connectivity index (χ3n) is 3.99. The highest BCUT2D eigenvalue weighted by Crippen LogP contribution is 2.30. The summed E-state index contributed by atoms with van der Waals surface area (Å²) < 4.78 is 11.0. The van der Waals surface area contributed by atoms with E-state index in [4.69, 9.17) is 9.47 Å². The van der Waals surface area contributed by atoms with Gasteiger partial charge in [0.05, 0.1) is 0 Å². The number of hydrogen-bond acceptors (Lipinski definition) is 3. The molecule has 5 nitrogen and oxygen atoms in total. The highest BCUT2D eigenvalue weighted by atomic mass is 16.6. The smallest absolute Gasteiger partial charge is 0.317 e. The normalized spacial score (nSPS) is 21.0. The van der Waals surface area contributed by atoms with Crippen molar-refractivity contribution in [3.8, 4) is 11.5 Å². The molecule has 2 aliphatic rings. The molecule has 0 radical (unpaired) electrons. The molecule has 3 rings (SSSR count). The molecule has 21 heavy (non-hydrogen) atoms. The molecule has 1 aromatic rings. The minimum atomic E-state index is 0.0245.